The van der Waals surface area contributed by atoms with E-state index < -0.39 is 45.9 Å². The quantitative estimate of drug-likeness (QED) is 0.450. The summed E-state index contributed by atoms with van der Waals surface area (Å²) in [6, 6.07) is 9.15. The van der Waals surface area contributed by atoms with E-state index in [1.54, 1.807) is 24.3 Å². The summed E-state index contributed by atoms with van der Waals surface area (Å²) in [5.41, 5.74) is 6.66. The van der Waals surface area contributed by atoms with Crippen LogP contribution in [0.5, 0.6) is 0 Å². The van der Waals surface area contributed by atoms with Gasteiger partial charge in [0.05, 0.1) is 28.9 Å². The number of benzene rings is 2. The number of carbonyl (C=O) groups is 2. The smallest absolute Gasteiger partial charge is 0.319 e. The standard InChI is InChI=1S/C22H22ClF3N2O4S/c23-16-7-4-14(5-8-16)12-28-18-11-15(19(29)3-1-2-10-22(24,25)26)6-9-20(18)33(31,32)13-17(27)21(28)30/h4-9,11,17H,1-3,10,12-13,27H2/t17-/m0/s1. The number of halogens is 4. The molecular formula is C22H22ClF3N2O4S. The van der Waals surface area contributed by atoms with Crippen LogP contribution in [0.4, 0.5) is 18.9 Å². The number of hydrogen-bond donors (Lipinski definition) is 1. The van der Waals surface area contributed by atoms with Crippen molar-refractivity contribution < 1.29 is 31.2 Å². The molecule has 11 heteroatoms. The van der Waals surface area contributed by atoms with Gasteiger partial charge in [0.15, 0.2) is 15.6 Å². The fraction of sp³-hybridized carbons (Fsp3) is 0.364. The zero-order valence-corrected chi connectivity index (χ0v) is 19.0. The first-order valence-electron chi connectivity index (χ1n) is 10.2. The number of rotatable bonds is 7. The lowest BCUT2D eigenvalue weighted by Gasteiger charge is -2.24. The highest BCUT2D eigenvalue weighted by Crippen LogP contribution is 2.33. The summed E-state index contributed by atoms with van der Waals surface area (Å²) < 4.78 is 62.6. The van der Waals surface area contributed by atoms with Gasteiger partial charge in [-0.15, -0.1) is 0 Å². The number of ketones is 1. The molecule has 2 aromatic rings. The first-order valence-corrected chi connectivity index (χ1v) is 12.2. The molecule has 1 atom stereocenters. The van der Waals surface area contributed by atoms with E-state index in [4.69, 9.17) is 17.3 Å². The van der Waals surface area contributed by atoms with Gasteiger partial charge in [0.25, 0.3) is 0 Å². The summed E-state index contributed by atoms with van der Waals surface area (Å²) in [6.45, 7) is -0.00452. The zero-order valence-electron chi connectivity index (χ0n) is 17.4. The molecule has 1 aliphatic rings. The lowest BCUT2D eigenvalue weighted by Crippen LogP contribution is -2.45. The van der Waals surface area contributed by atoms with Crippen molar-refractivity contribution in [3.05, 3.63) is 58.6 Å². The van der Waals surface area contributed by atoms with Crippen LogP contribution in [-0.2, 0) is 21.2 Å². The van der Waals surface area contributed by atoms with Crippen molar-refractivity contribution >= 4 is 38.8 Å². The summed E-state index contributed by atoms with van der Waals surface area (Å²) in [5.74, 6) is -1.65. The Morgan fingerprint density at radius 3 is 2.42 bits per heavy atom. The predicted octanol–water partition coefficient (Wildman–Crippen LogP) is 4.29. The van der Waals surface area contributed by atoms with E-state index in [2.05, 4.69) is 0 Å². The molecule has 1 amide bonds. The van der Waals surface area contributed by atoms with Gasteiger partial charge < -0.3 is 10.6 Å². The molecule has 0 fully saturated rings. The molecule has 2 N–H and O–H groups in total. The first-order chi connectivity index (χ1) is 15.4. The van der Waals surface area contributed by atoms with Crippen molar-refractivity contribution in [3.8, 4) is 0 Å². The molecule has 178 valence electrons. The molecule has 0 aromatic heterocycles. The van der Waals surface area contributed by atoms with E-state index in [1.807, 2.05) is 0 Å². The molecule has 0 bridgehead atoms. The van der Waals surface area contributed by atoms with E-state index in [0.717, 1.165) is 0 Å². The largest absolute Gasteiger partial charge is 0.389 e. The Bertz CT molecular complexity index is 1150. The van der Waals surface area contributed by atoms with Gasteiger partial charge in [-0.05, 0) is 48.7 Å². The van der Waals surface area contributed by atoms with Gasteiger partial charge in [-0.25, -0.2) is 8.42 Å². The van der Waals surface area contributed by atoms with Gasteiger partial charge in [-0.1, -0.05) is 23.7 Å². The number of alkyl halides is 3. The highest BCUT2D eigenvalue weighted by atomic mass is 35.5. The Kier molecular flexibility index (Phi) is 7.50. The van der Waals surface area contributed by atoms with Gasteiger partial charge >= 0.3 is 6.18 Å². The molecule has 0 saturated heterocycles. The van der Waals surface area contributed by atoms with Crippen molar-refractivity contribution in [1.29, 1.82) is 0 Å². The van der Waals surface area contributed by atoms with Crippen LogP contribution in [0.15, 0.2) is 47.4 Å². The molecule has 3 rings (SSSR count). The lowest BCUT2D eigenvalue weighted by atomic mass is 10.0. The average Bonchev–Trinajstić information content (AvgIpc) is 2.80. The van der Waals surface area contributed by atoms with Crippen LogP contribution >= 0.6 is 11.6 Å². The Morgan fingerprint density at radius 2 is 1.79 bits per heavy atom. The summed E-state index contributed by atoms with van der Waals surface area (Å²) in [6.07, 6.45) is -5.56. The minimum Gasteiger partial charge on any atom is -0.319 e. The van der Waals surface area contributed by atoms with Crippen molar-refractivity contribution in [2.75, 3.05) is 10.7 Å². The maximum absolute atomic E-state index is 13.0. The molecule has 0 aliphatic carbocycles. The number of hydrogen-bond acceptors (Lipinski definition) is 5. The number of carbonyl (C=O) groups excluding carboxylic acids is 2. The monoisotopic (exact) mass is 502 g/mol. The summed E-state index contributed by atoms with van der Waals surface area (Å²) in [7, 11) is -3.92. The third-order valence-electron chi connectivity index (χ3n) is 5.26. The molecule has 0 radical (unpaired) electrons. The molecule has 0 spiro atoms. The number of nitrogens with two attached hydrogens (primary N) is 1. The zero-order chi connectivity index (χ0) is 24.4. The van der Waals surface area contributed by atoms with Crippen LogP contribution < -0.4 is 10.6 Å². The number of unbranched alkanes of at least 4 members (excludes halogenated alkanes) is 1. The summed E-state index contributed by atoms with van der Waals surface area (Å²) >= 11 is 5.90. The van der Waals surface area contributed by atoms with E-state index in [-0.39, 0.29) is 42.0 Å². The van der Waals surface area contributed by atoms with Crippen molar-refractivity contribution in [1.82, 2.24) is 0 Å². The van der Waals surface area contributed by atoms with Crippen LogP contribution in [0.3, 0.4) is 0 Å². The third kappa shape index (κ3) is 6.33. The van der Waals surface area contributed by atoms with Gasteiger partial charge in [-0.2, -0.15) is 13.2 Å². The van der Waals surface area contributed by atoms with Crippen molar-refractivity contribution in [2.24, 2.45) is 5.73 Å². The number of anilines is 1. The second-order valence-electron chi connectivity index (χ2n) is 7.87. The lowest BCUT2D eigenvalue weighted by molar-refractivity contribution is -0.135. The number of Topliss-reactive ketones (excluding diaryl/α,β-unsaturated/α-hetero) is 1. The molecular weight excluding hydrogens is 481 g/mol. The van der Waals surface area contributed by atoms with Gasteiger partial charge in [-0.3, -0.25) is 9.59 Å². The van der Waals surface area contributed by atoms with Gasteiger partial charge in [0, 0.05) is 23.4 Å². The van der Waals surface area contributed by atoms with Crippen LogP contribution in [0.25, 0.3) is 0 Å². The molecule has 33 heavy (non-hydrogen) atoms. The summed E-state index contributed by atoms with van der Waals surface area (Å²) in [5, 5.41) is 0.485. The maximum atomic E-state index is 13.0. The molecule has 6 nitrogen and oxygen atoms in total. The van der Waals surface area contributed by atoms with E-state index in [0.29, 0.717) is 10.6 Å². The fourth-order valence-corrected chi connectivity index (χ4v) is 5.26. The van der Waals surface area contributed by atoms with Crippen LogP contribution in [0.2, 0.25) is 5.02 Å². The number of nitrogens with zero attached hydrogens (tertiary/aromatic N) is 1. The number of amides is 1. The van der Waals surface area contributed by atoms with Crippen LogP contribution in [-0.4, -0.2) is 38.1 Å². The topological polar surface area (TPSA) is 97.5 Å². The van der Waals surface area contributed by atoms with Crippen molar-refractivity contribution in [3.63, 3.8) is 0 Å². The average molecular weight is 503 g/mol. The maximum Gasteiger partial charge on any atom is 0.389 e. The van der Waals surface area contributed by atoms with E-state index in [1.165, 1.54) is 23.1 Å². The SMILES string of the molecule is N[C@H]1CS(=O)(=O)c2ccc(C(=O)CCCCC(F)(F)F)cc2N(Cc2ccc(Cl)cc2)C1=O. The molecule has 2 aromatic carbocycles. The summed E-state index contributed by atoms with van der Waals surface area (Å²) in [4.78, 5) is 26.6. The number of sulfone groups is 1. The highest BCUT2D eigenvalue weighted by Gasteiger charge is 2.36. The molecule has 1 heterocycles. The highest BCUT2D eigenvalue weighted by molar-refractivity contribution is 7.91. The van der Waals surface area contributed by atoms with Crippen LogP contribution in [0, 0.1) is 0 Å². The minimum absolute atomic E-state index is 0.00452. The van der Waals surface area contributed by atoms with Gasteiger partial charge in [0.2, 0.25) is 5.91 Å². The molecule has 0 saturated carbocycles. The Labute approximate surface area is 194 Å². The van der Waals surface area contributed by atoms with Gasteiger partial charge in [0.1, 0.15) is 0 Å². The predicted molar refractivity (Wildman–Crippen MR) is 118 cm³/mol. The minimum atomic E-state index is -4.29. The molecule has 0 unspecified atom stereocenters. The second kappa shape index (κ2) is 9.82. The van der Waals surface area contributed by atoms with E-state index >= 15 is 0 Å². The second-order valence-corrected chi connectivity index (χ2v) is 10.3. The Morgan fingerprint density at radius 1 is 1.12 bits per heavy atom. The Hall–Kier alpha value is -2.43. The molecule has 1 aliphatic heterocycles. The fourth-order valence-electron chi connectivity index (χ4n) is 3.57. The van der Waals surface area contributed by atoms with Crippen molar-refractivity contribution in [2.45, 2.75) is 49.3 Å². The number of fused-ring (bicyclic) bond motifs is 1. The van der Waals surface area contributed by atoms with E-state index in [9.17, 15) is 31.2 Å². The third-order valence-corrected chi connectivity index (χ3v) is 7.32. The Balaban J connectivity index is 1.93. The first kappa shape index (κ1) is 25.2. The normalized spacial score (nSPS) is 18.0. The van der Waals surface area contributed by atoms with Crippen LogP contribution in [0.1, 0.15) is 41.6 Å².